The molecular weight excluding hydrogens is 244 g/mol. The van der Waals surface area contributed by atoms with Gasteiger partial charge in [0.15, 0.2) is 0 Å². The van der Waals surface area contributed by atoms with Crippen LogP contribution < -0.4 is 5.32 Å². The van der Waals surface area contributed by atoms with Crippen molar-refractivity contribution in [3.05, 3.63) is 12.2 Å². The fourth-order valence-electron chi connectivity index (χ4n) is 3.87. The molecule has 0 aromatic rings. The van der Waals surface area contributed by atoms with Crippen LogP contribution >= 0.6 is 0 Å². The molecule has 1 amide bonds. The maximum absolute atomic E-state index is 12.4. The number of carboxylic acid groups (broad SMARTS) is 1. The third kappa shape index (κ3) is 2.16. The van der Waals surface area contributed by atoms with Gasteiger partial charge >= 0.3 is 5.97 Å². The minimum atomic E-state index is -0.833. The first-order valence-corrected chi connectivity index (χ1v) is 6.96. The highest BCUT2D eigenvalue weighted by atomic mass is 16.4. The van der Waals surface area contributed by atoms with Crippen LogP contribution in [0, 0.1) is 23.7 Å². The molecule has 5 atom stereocenters. The molecule has 2 N–H and O–H groups in total. The van der Waals surface area contributed by atoms with Crippen molar-refractivity contribution >= 4 is 11.9 Å². The highest BCUT2D eigenvalue weighted by Crippen LogP contribution is 2.48. The van der Waals surface area contributed by atoms with Crippen molar-refractivity contribution in [2.45, 2.75) is 18.9 Å². The summed E-state index contributed by atoms with van der Waals surface area (Å²) in [5, 5.41) is 12.4. The normalized spacial score (nSPS) is 40.8. The Morgan fingerprint density at radius 3 is 2.53 bits per heavy atom. The number of likely N-dealkylation sites (N-methyl/N-ethyl adjacent to an activating group) is 1. The van der Waals surface area contributed by atoms with Crippen molar-refractivity contribution in [1.29, 1.82) is 0 Å². The molecule has 1 aliphatic heterocycles. The van der Waals surface area contributed by atoms with Gasteiger partial charge in [-0.05, 0) is 38.3 Å². The van der Waals surface area contributed by atoms with Crippen molar-refractivity contribution in [2.24, 2.45) is 23.7 Å². The molecule has 3 rings (SSSR count). The molecular formula is C14H20N2O3. The Balaban J connectivity index is 1.69. The summed E-state index contributed by atoms with van der Waals surface area (Å²) in [5.41, 5.74) is 0. The first kappa shape index (κ1) is 12.7. The Labute approximate surface area is 112 Å². The number of allylic oxidation sites excluding steroid dienone is 2. The topological polar surface area (TPSA) is 69.6 Å². The zero-order chi connectivity index (χ0) is 13.6. The third-order valence-corrected chi connectivity index (χ3v) is 4.78. The average molecular weight is 264 g/mol. The number of amides is 1. The van der Waals surface area contributed by atoms with E-state index in [9.17, 15) is 14.7 Å². The minimum Gasteiger partial charge on any atom is -0.481 e. The zero-order valence-electron chi connectivity index (χ0n) is 11.1. The van der Waals surface area contributed by atoms with Gasteiger partial charge in [-0.1, -0.05) is 12.2 Å². The number of rotatable bonds is 3. The van der Waals surface area contributed by atoms with E-state index in [1.54, 1.807) is 0 Å². The number of hydrogen-bond donors (Lipinski definition) is 2. The van der Waals surface area contributed by atoms with E-state index in [1.165, 1.54) is 0 Å². The van der Waals surface area contributed by atoms with Crippen molar-refractivity contribution < 1.29 is 14.7 Å². The van der Waals surface area contributed by atoms with Crippen LogP contribution in [0.25, 0.3) is 0 Å². The number of aliphatic carboxylic acids is 1. The minimum absolute atomic E-state index is 0.0458. The summed E-state index contributed by atoms with van der Waals surface area (Å²) in [6.07, 6.45) is 5.77. The summed E-state index contributed by atoms with van der Waals surface area (Å²) in [6, 6.07) is 0.176. The molecule has 1 heterocycles. The number of nitrogens with one attached hydrogen (secondary N) is 1. The molecule has 5 nitrogen and oxygen atoms in total. The molecule has 2 aliphatic carbocycles. The van der Waals surface area contributed by atoms with E-state index >= 15 is 0 Å². The number of nitrogens with zero attached hydrogens (tertiary/aromatic N) is 1. The number of hydrogen-bond acceptors (Lipinski definition) is 3. The predicted octanol–water partition coefficient (Wildman–Crippen LogP) is 0.330. The highest BCUT2D eigenvalue weighted by molar-refractivity contribution is 5.87. The van der Waals surface area contributed by atoms with Crippen molar-refractivity contribution in [1.82, 2.24) is 10.2 Å². The van der Waals surface area contributed by atoms with Gasteiger partial charge in [0, 0.05) is 12.6 Å². The molecule has 0 aromatic heterocycles. The summed E-state index contributed by atoms with van der Waals surface area (Å²) >= 11 is 0. The maximum Gasteiger partial charge on any atom is 0.307 e. The Morgan fingerprint density at radius 2 is 1.95 bits per heavy atom. The van der Waals surface area contributed by atoms with E-state index in [4.69, 9.17) is 0 Å². The van der Waals surface area contributed by atoms with Gasteiger partial charge in [0.2, 0.25) is 5.91 Å². The zero-order valence-corrected chi connectivity index (χ0v) is 11.1. The van der Waals surface area contributed by atoms with Crippen LogP contribution in [0.15, 0.2) is 12.2 Å². The van der Waals surface area contributed by atoms with Crippen LogP contribution in [0.4, 0.5) is 0 Å². The predicted molar refractivity (Wildman–Crippen MR) is 69.4 cm³/mol. The van der Waals surface area contributed by atoms with E-state index in [-0.39, 0.29) is 29.7 Å². The third-order valence-electron chi connectivity index (χ3n) is 4.78. The Hall–Kier alpha value is -1.36. The smallest absolute Gasteiger partial charge is 0.307 e. The summed E-state index contributed by atoms with van der Waals surface area (Å²) in [7, 11) is 2.03. The molecule has 5 heteroatoms. The molecule has 104 valence electrons. The summed E-state index contributed by atoms with van der Waals surface area (Å²) < 4.78 is 0. The van der Waals surface area contributed by atoms with Gasteiger partial charge in [0.05, 0.1) is 11.8 Å². The summed E-state index contributed by atoms with van der Waals surface area (Å²) in [6.45, 7) is 1.85. The van der Waals surface area contributed by atoms with E-state index in [0.717, 1.165) is 25.9 Å². The number of carbonyl (C=O) groups excluding carboxylic acids is 1. The standard InChI is InChI=1S/C14H20N2O3/c1-16-5-4-10(7-16)15-13(17)11-8-2-3-9(6-8)12(11)14(18)19/h2-3,8-12H,4-7H2,1H3,(H,15,17)(H,18,19)/t8?,9?,10?,11-,12+/m0/s1. The number of fused-ring (bicyclic) bond motifs is 2. The van der Waals surface area contributed by atoms with Gasteiger partial charge in [0.1, 0.15) is 0 Å². The van der Waals surface area contributed by atoms with E-state index in [1.807, 2.05) is 19.2 Å². The second-order valence-corrected chi connectivity index (χ2v) is 6.09. The maximum atomic E-state index is 12.4. The Kier molecular flexibility index (Phi) is 3.09. The quantitative estimate of drug-likeness (QED) is 0.721. The molecule has 3 aliphatic rings. The van der Waals surface area contributed by atoms with Crippen LogP contribution in [0.2, 0.25) is 0 Å². The van der Waals surface area contributed by atoms with Gasteiger partial charge < -0.3 is 15.3 Å². The van der Waals surface area contributed by atoms with Crippen molar-refractivity contribution in [2.75, 3.05) is 20.1 Å². The van der Waals surface area contributed by atoms with Crippen LogP contribution in [-0.2, 0) is 9.59 Å². The lowest BCUT2D eigenvalue weighted by atomic mass is 9.82. The molecule has 0 aromatic carbocycles. The molecule has 3 unspecified atom stereocenters. The number of carboxylic acids is 1. The lowest BCUT2D eigenvalue weighted by molar-refractivity contribution is -0.148. The molecule has 2 bridgehead atoms. The van der Waals surface area contributed by atoms with Crippen LogP contribution in [0.5, 0.6) is 0 Å². The van der Waals surface area contributed by atoms with E-state index in [2.05, 4.69) is 10.2 Å². The number of likely N-dealkylation sites (tertiary alicyclic amines) is 1. The van der Waals surface area contributed by atoms with Gasteiger partial charge in [-0.25, -0.2) is 0 Å². The highest BCUT2D eigenvalue weighted by Gasteiger charge is 2.51. The van der Waals surface area contributed by atoms with Crippen molar-refractivity contribution in [3.8, 4) is 0 Å². The Morgan fingerprint density at radius 1 is 1.26 bits per heavy atom. The first-order valence-electron chi connectivity index (χ1n) is 6.96. The lowest BCUT2D eigenvalue weighted by Crippen LogP contribution is -2.45. The summed E-state index contributed by atoms with van der Waals surface area (Å²) in [4.78, 5) is 25.9. The molecule has 19 heavy (non-hydrogen) atoms. The van der Waals surface area contributed by atoms with Crippen LogP contribution in [-0.4, -0.2) is 48.1 Å². The molecule has 0 radical (unpaired) electrons. The van der Waals surface area contributed by atoms with Gasteiger partial charge in [-0.15, -0.1) is 0 Å². The molecule has 1 saturated heterocycles. The van der Waals surface area contributed by atoms with Crippen LogP contribution in [0.1, 0.15) is 12.8 Å². The first-order chi connectivity index (χ1) is 9.06. The Bertz CT molecular complexity index is 434. The van der Waals surface area contributed by atoms with Gasteiger partial charge in [-0.2, -0.15) is 0 Å². The van der Waals surface area contributed by atoms with Crippen LogP contribution in [0.3, 0.4) is 0 Å². The SMILES string of the molecule is CN1CCC(NC(=O)[C@H]2C3C=CC(C3)[C@H]2C(=O)O)C1. The van der Waals surface area contributed by atoms with E-state index in [0.29, 0.717) is 0 Å². The molecule has 1 saturated carbocycles. The summed E-state index contributed by atoms with van der Waals surface area (Å²) in [5.74, 6) is -1.65. The fraction of sp³-hybridized carbons (Fsp3) is 0.714. The second kappa shape index (κ2) is 4.63. The van der Waals surface area contributed by atoms with Crippen molar-refractivity contribution in [3.63, 3.8) is 0 Å². The average Bonchev–Trinajstić information content (AvgIpc) is 3.03. The molecule has 0 spiro atoms. The second-order valence-electron chi connectivity index (χ2n) is 6.09. The monoisotopic (exact) mass is 264 g/mol. The fourth-order valence-corrected chi connectivity index (χ4v) is 3.87. The van der Waals surface area contributed by atoms with Gasteiger partial charge in [0.25, 0.3) is 0 Å². The lowest BCUT2D eigenvalue weighted by Gasteiger charge is -2.25. The van der Waals surface area contributed by atoms with E-state index < -0.39 is 11.9 Å². The largest absolute Gasteiger partial charge is 0.481 e. The molecule has 2 fully saturated rings. The number of carbonyl (C=O) groups is 2. The van der Waals surface area contributed by atoms with Gasteiger partial charge in [-0.3, -0.25) is 9.59 Å².